The van der Waals surface area contributed by atoms with Crippen molar-refractivity contribution in [3.63, 3.8) is 0 Å². The zero-order chi connectivity index (χ0) is 15.8. The normalized spacial score (nSPS) is 12.0. The van der Waals surface area contributed by atoms with Crippen LogP contribution in [-0.4, -0.2) is 35.0 Å². The molecule has 116 valence electrons. The van der Waals surface area contributed by atoms with Crippen LogP contribution in [0, 0.1) is 11.7 Å². The Morgan fingerprint density at radius 3 is 2.67 bits per heavy atom. The lowest BCUT2D eigenvalue weighted by Gasteiger charge is -2.23. The summed E-state index contributed by atoms with van der Waals surface area (Å²) in [4.78, 5) is 24.4. The van der Waals surface area contributed by atoms with Crippen molar-refractivity contribution in [2.75, 3.05) is 13.1 Å². The molecule has 1 aromatic carbocycles. The number of nitrogens with zero attached hydrogens (tertiary/aromatic N) is 1. The minimum absolute atomic E-state index is 0.157. The van der Waals surface area contributed by atoms with Crippen LogP contribution in [0.3, 0.4) is 0 Å². The van der Waals surface area contributed by atoms with Crippen molar-refractivity contribution in [1.82, 2.24) is 4.90 Å². The van der Waals surface area contributed by atoms with Gasteiger partial charge in [-0.1, -0.05) is 26.0 Å². The molecule has 0 aliphatic rings. The van der Waals surface area contributed by atoms with Gasteiger partial charge >= 0.3 is 5.97 Å². The van der Waals surface area contributed by atoms with E-state index >= 15 is 0 Å². The van der Waals surface area contributed by atoms with Gasteiger partial charge in [-0.05, 0) is 37.0 Å². The van der Waals surface area contributed by atoms with Crippen LogP contribution in [0.1, 0.15) is 32.3 Å². The molecule has 0 fully saturated rings. The zero-order valence-electron chi connectivity index (χ0n) is 12.5. The molecule has 0 heterocycles. The summed E-state index contributed by atoms with van der Waals surface area (Å²) < 4.78 is 13.1. The number of carbonyl (C=O) groups excluding carboxylic acids is 1. The Morgan fingerprint density at radius 1 is 1.38 bits per heavy atom. The highest BCUT2D eigenvalue weighted by Gasteiger charge is 2.21. The highest BCUT2D eigenvalue weighted by atomic mass is 19.1. The molecule has 4 nitrogen and oxygen atoms in total. The van der Waals surface area contributed by atoms with Crippen LogP contribution >= 0.6 is 0 Å². The van der Waals surface area contributed by atoms with Crippen molar-refractivity contribution < 1.29 is 19.1 Å². The maximum absolute atomic E-state index is 13.1. The molecule has 1 N–H and O–H groups in total. The third-order valence-corrected chi connectivity index (χ3v) is 3.31. The van der Waals surface area contributed by atoms with E-state index in [1.165, 1.54) is 17.0 Å². The molecular formula is C16H22FNO3. The highest BCUT2D eigenvalue weighted by Crippen LogP contribution is 2.14. The van der Waals surface area contributed by atoms with Crippen LogP contribution < -0.4 is 0 Å². The quantitative estimate of drug-likeness (QED) is 0.802. The summed E-state index contributed by atoms with van der Waals surface area (Å²) in [5.74, 6) is -1.73. The summed E-state index contributed by atoms with van der Waals surface area (Å²) in [6.07, 6.45) is 1.88. The van der Waals surface area contributed by atoms with Crippen molar-refractivity contribution >= 4 is 11.9 Å². The number of rotatable bonds is 8. The van der Waals surface area contributed by atoms with Gasteiger partial charge < -0.3 is 10.0 Å². The van der Waals surface area contributed by atoms with E-state index in [1.54, 1.807) is 13.0 Å². The first kappa shape index (κ1) is 17.1. The van der Waals surface area contributed by atoms with Crippen molar-refractivity contribution in [3.8, 4) is 0 Å². The van der Waals surface area contributed by atoms with Crippen molar-refractivity contribution in [2.24, 2.45) is 5.92 Å². The molecule has 5 heteroatoms. The van der Waals surface area contributed by atoms with Gasteiger partial charge in [-0.25, -0.2) is 4.39 Å². The number of aliphatic carboxylic acids is 1. The fraction of sp³-hybridized carbons (Fsp3) is 0.500. The Hall–Kier alpha value is -1.91. The van der Waals surface area contributed by atoms with Gasteiger partial charge in [0.2, 0.25) is 5.91 Å². The standard InChI is InChI=1S/C16H22FNO3/c1-3-9-18(11-15(19)20)16(21)12(2)7-8-13-5-4-6-14(17)10-13/h4-6,10,12H,3,7-9,11H2,1-2H3,(H,19,20). The monoisotopic (exact) mass is 295 g/mol. The fourth-order valence-electron chi connectivity index (χ4n) is 2.21. The Bertz CT molecular complexity index is 490. The molecule has 0 bridgehead atoms. The van der Waals surface area contributed by atoms with E-state index in [0.717, 1.165) is 12.0 Å². The van der Waals surface area contributed by atoms with Crippen LogP contribution in [0.2, 0.25) is 0 Å². The average Bonchev–Trinajstić information content (AvgIpc) is 2.43. The van der Waals surface area contributed by atoms with Gasteiger partial charge in [0.15, 0.2) is 0 Å². The van der Waals surface area contributed by atoms with Crippen molar-refractivity contribution in [2.45, 2.75) is 33.1 Å². The first-order valence-electron chi connectivity index (χ1n) is 7.19. The molecule has 1 atom stereocenters. The largest absolute Gasteiger partial charge is 0.480 e. The van der Waals surface area contributed by atoms with E-state index in [4.69, 9.17) is 5.11 Å². The average molecular weight is 295 g/mol. The molecule has 1 unspecified atom stereocenters. The molecule has 0 aromatic heterocycles. The second-order valence-corrected chi connectivity index (χ2v) is 5.22. The first-order valence-corrected chi connectivity index (χ1v) is 7.19. The Balaban J connectivity index is 2.57. The molecule has 1 aromatic rings. The Kier molecular flexibility index (Phi) is 6.85. The molecule has 21 heavy (non-hydrogen) atoms. The van der Waals surface area contributed by atoms with Gasteiger partial charge in [0, 0.05) is 12.5 Å². The number of hydrogen-bond donors (Lipinski definition) is 1. The zero-order valence-corrected chi connectivity index (χ0v) is 12.5. The van der Waals surface area contributed by atoms with E-state index in [9.17, 15) is 14.0 Å². The van der Waals surface area contributed by atoms with E-state index < -0.39 is 5.97 Å². The molecule has 0 radical (unpaired) electrons. The Morgan fingerprint density at radius 2 is 2.10 bits per heavy atom. The lowest BCUT2D eigenvalue weighted by molar-refractivity contribution is -0.146. The first-order chi connectivity index (χ1) is 9.93. The van der Waals surface area contributed by atoms with Crippen LogP contribution in [0.5, 0.6) is 0 Å². The number of carboxylic acids is 1. The minimum Gasteiger partial charge on any atom is -0.480 e. The second kappa shape index (κ2) is 8.39. The number of halogens is 1. The molecule has 0 aliphatic carbocycles. The highest BCUT2D eigenvalue weighted by molar-refractivity contribution is 5.82. The van der Waals surface area contributed by atoms with Crippen LogP contribution in [0.25, 0.3) is 0 Å². The van der Waals surface area contributed by atoms with Crippen LogP contribution in [0.15, 0.2) is 24.3 Å². The SMILES string of the molecule is CCCN(CC(=O)O)C(=O)C(C)CCc1cccc(F)c1. The molecule has 0 aliphatic heterocycles. The van der Waals surface area contributed by atoms with Crippen molar-refractivity contribution in [1.29, 1.82) is 0 Å². The number of carbonyl (C=O) groups is 2. The lowest BCUT2D eigenvalue weighted by Crippen LogP contribution is -2.39. The molecule has 1 amide bonds. The van der Waals surface area contributed by atoms with Crippen molar-refractivity contribution in [3.05, 3.63) is 35.6 Å². The second-order valence-electron chi connectivity index (χ2n) is 5.22. The third kappa shape index (κ3) is 5.94. The summed E-state index contributed by atoms with van der Waals surface area (Å²) in [7, 11) is 0. The van der Waals surface area contributed by atoms with E-state index in [0.29, 0.717) is 19.4 Å². The summed E-state index contributed by atoms with van der Waals surface area (Å²) >= 11 is 0. The smallest absolute Gasteiger partial charge is 0.323 e. The fourth-order valence-corrected chi connectivity index (χ4v) is 2.21. The van der Waals surface area contributed by atoms with Gasteiger partial charge in [-0.2, -0.15) is 0 Å². The predicted octanol–water partition coefficient (Wildman–Crippen LogP) is 2.72. The van der Waals surface area contributed by atoms with Gasteiger partial charge in [0.05, 0.1) is 0 Å². The topological polar surface area (TPSA) is 57.6 Å². The molecule has 0 saturated heterocycles. The number of benzene rings is 1. The number of aryl methyl sites for hydroxylation is 1. The summed E-state index contributed by atoms with van der Waals surface area (Å²) in [5, 5.41) is 8.84. The summed E-state index contributed by atoms with van der Waals surface area (Å²) in [5.41, 5.74) is 0.843. The molecule has 0 saturated carbocycles. The van der Waals surface area contributed by atoms with Gasteiger partial charge in [0.25, 0.3) is 0 Å². The summed E-state index contributed by atoms with van der Waals surface area (Å²) in [6, 6.07) is 6.30. The molecule has 0 spiro atoms. The molecule has 1 rings (SSSR count). The third-order valence-electron chi connectivity index (χ3n) is 3.31. The van der Waals surface area contributed by atoms with Gasteiger partial charge in [0.1, 0.15) is 12.4 Å². The van der Waals surface area contributed by atoms with E-state index in [-0.39, 0.29) is 24.2 Å². The van der Waals surface area contributed by atoms with Gasteiger partial charge in [-0.3, -0.25) is 9.59 Å². The van der Waals surface area contributed by atoms with E-state index in [2.05, 4.69) is 0 Å². The van der Waals surface area contributed by atoms with E-state index in [1.807, 2.05) is 13.0 Å². The summed E-state index contributed by atoms with van der Waals surface area (Å²) in [6.45, 7) is 3.86. The molecular weight excluding hydrogens is 273 g/mol. The Labute approximate surface area is 124 Å². The lowest BCUT2D eigenvalue weighted by atomic mass is 9.99. The van der Waals surface area contributed by atoms with Crippen LogP contribution in [-0.2, 0) is 16.0 Å². The van der Waals surface area contributed by atoms with Gasteiger partial charge in [-0.15, -0.1) is 0 Å². The van der Waals surface area contributed by atoms with Crippen LogP contribution in [0.4, 0.5) is 4.39 Å². The minimum atomic E-state index is -1.01. The predicted molar refractivity (Wildman–Crippen MR) is 78.4 cm³/mol. The maximum atomic E-state index is 13.1. The maximum Gasteiger partial charge on any atom is 0.323 e. The number of carboxylic acid groups (broad SMARTS) is 1. The number of amides is 1. The number of hydrogen-bond acceptors (Lipinski definition) is 2.